The third-order valence-electron chi connectivity index (χ3n) is 3.31. The van der Waals surface area contributed by atoms with E-state index in [4.69, 9.17) is 0 Å². The van der Waals surface area contributed by atoms with Gasteiger partial charge in [0.1, 0.15) is 6.04 Å². The molecule has 1 atom stereocenters. The Bertz CT molecular complexity index is 612. The van der Waals surface area contributed by atoms with Crippen molar-refractivity contribution in [3.63, 3.8) is 0 Å². The van der Waals surface area contributed by atoms with Gasteiger partial charge in [-0.05, 0) is 25.1 Å². The van der Waals surface area contributed by atoms with Crippen LogP contribution in [0.15, 0.2) is 24.3 Å². The molecule has 1 heterocycles. The first-order valence-electron chi connectivity index (χ1n) is 6.53. The van der Waals surface area contributed by atoms with E-state index in [9.17, 15) is 27.6 Å². The van der Waals surface area contributed by atoms with E-state index in [1.54, 1.807) is 0 Å². The molecule has 118 valence electrons. The third kappa shape index (κ3) is 3.26. The molecule has 0 saturated carbocycles. The van der Waals surface area contributed by atoms with E-state index in [2.05, 4.69) is 5.32 Å². The minimum Gasteiger partial charge on any atom is -0.324 e. The summed E-state index contributed by atoms with van der Waals surface area (Å²) in [5.74, 6) is -1.64. The summed E-state index contributed by atoms with van der Waals surface area (Å²) < 4.78 is 37.8. The van der Waals surface area contributed by atoms with Crippen molar-refractivity contribution in [2.45, 2.75) is 32.0 Å². The monoisotopic (exact) mass is 314 g/mol. The number of anilines is 1. The lowest BCUT2D eigenvalue weighted by atomic mass is 10.2. The number of amides is 3. The summed E-state index contributed by atoms with van der Waals surface area (Å²) in [6.07, 6.45) is -4.44. The van der Waals surface area contributed by atoms with Crippen LogP contribution < -0.4 is 5.32 Å². The second-order valence-corrected chi connectivity index (χ2v) is 4.90. The molecule has 8 heteroatoms. The largest absolute Gasteiger partial charge is 0.416 e. The molecule has 3 amide bonds. The van der Waals surface area contributed by atoms with E-state index in [0.717, 1.165) is 23.1 Å². The molecule has 0 radical (unpaired) electrons. The fourth-order valence-corrected chi connectivity index (χ4v) is 2.16. The number of hydrogen-bond acceptors (Lipinski definition) is 3. The van der Waals surface area contributed by atoms with Gasteiger partial charge >= 0.3 is 6.18 Å². The minimum atomic E-state index is -4.52. The summed E-state index contributed by atoms with van der Waals surface area (Å²) in [5.41, 5.74) is -0.947. The number of alkyl halides is 3. The second-order valence-electron chi connectivity index (χ2n) is 4.90. The molecule has 0 bridgehead atoms. The second kappa shape index (κ2) is 5.78. The zero-order valence-corrected chi connectivity index (χ0v) is 11.6. The van der Waals surface area contributed by atoms with Crippen molar-refractivity contribution in [2.24, 2.45) is 0 Å². The first-order valence-corrected chi connectivity index (χ1v) is 6.53. The van der Waals surface area contributed by atoms with Crippen molar-refractivity contribution in [2.75, 3.05) is 5.32 Å². The normalized spacial score (nSPS) is 16.8. The van der Waals surface area contributed by atoms with Gasteiger partial charge in [0.05, 0.1) is 5.56 Å². The van der Waals surface area contributed by atoms with Gasteiger partial charge in [0.15, 0.2) is 0 Å². The van der Waals surface area contributed by atoms with Crippen LogP contribution in [0, 0.1) is 0 Å². The fraction of sp³-hybridized carbons (Fsp3) is 0.357. The number of hydrogen-bond donors (Lipinski definition) is 1. The molecule has 2 rings (SSSR count). The van der Waals surface area contributed by atoms with Crippen molar-refractivity contribution in [3.8, 4) is 0 Å². The van der Waals surface area contributed by atoms with Crippen LogP contribution in [0.4, 0.5) is 18.9 Å². The van der Waals surface area contributed by atoms with Crippen LogP contribution in [0.1, 0.15) is 25.3 Å². The van der Waals surface area contributed by atoms with Crippen LogP contribution in [0.3, 0.4) is 0 Å². The summed E-state index contributed by atoms with van der Waals surface area (Å²) in [7, 11) is 0. The number of carbonyl (C=O) groups excluding carboxylic acids is 3. The van der Waals surface area contributed by atoms with Gasteiger partial charge in [0.25, 0.3) is 0 Å². The highest BCUT2D eigenvalue weighted by Gasteiger charge is 2.36. The van der Waals surface area contributed by atoms with Crippen LogP contribution >= 0.6 is 0 Å². The van der Waals surface area contributed by atoms with Crippen LogP contribution in [0.25, 0.3) is 0 Å². The zero-order valence-electron chi connectivity index (χ0n) is 11.6. The smallest absolute Gasteiger partial charge is 0.324 e. The molecule has 1 aromatic carbocycles. The van der Waals surface area contributed by atoms with E-state index in [0.29, 0.717) is 0 Å². The molecule has 5 nitrogen and oxygen atoms in total. The van der Waals surface area contributed by atoms with Crippen molar-refractivity contribution in [1.82, 2.24) is 4.90 Å². The van der Waals surface area contributed by atoms with E-state index in [1.807, 2.05) is 0 Å². The van der Waals surface area contributed by atoms with Crippen molar-refractivity contribution >= 4 is 23.4 Å². The van der Waals surface area contributed by atoms with Crippen LogP contribution in [-0.2, 0) is 20.6 Å². The van der Waals surface area contributed by atoms with Gasteiger partial charge in [0, 0.05) is 18.5 Å². The number of benzene rings is 1. The van der Waals surface area contributed by atoms with E-state index >= 15 is 0 Å². The minimum absolute atomic E-state index is 0.0417. The molecule has 1 aliphatic rings. The predicted molar refractivity (Wildman–Crippen MR) is 70.6 cm³/mol. The molecule has 1 saturated heterocycles. The summed E-state index contributed by atoms with van der Waals surface area (Å²) >= 11 is 0. The number of halogens is 3. The zero-order chi connectivity index (χ0) is 16.5. The van der Waals surface area contributed by atoms with E-state index in [-0.39, 0.29) is 18.5 Å². The van der Waals surface area contributed by atoms with Gasteiger partial charge in [-0.3, -0.25) is 19.3 Å². The maximum atomic E-state index is 12.6. The Morgan fingerprint density at radius 3 is 2.36 bits per heavy atom. The quantitative estimate of drug-likeness (QED) is 0.870. The summed E-state index contributed by atoms with van der Waals surface area (Å²) in [4.78, 5) is 35.9. The summed E-state index contributed by atoms with van der Waals surface area (Å²) in [6.45, 7) is 1.35. The van der Waals surface area contributed by atoms with Gasteiger partial charge < -0.3 is 5.32 Å². The Balaban J connectivity index is 2.12. The number of nitrogens with one attached hydrogen (secondary N) is 1. The molecular formula is C14H13F3N2O3. The van der Waals surface area contributed by atoms with Crippen LogP contribution in [0.5, 0.6) is 0 Å². The van der Waals surface area contributed by atoms with E-state index < -0.39 is 35.5 Å². The SMILES string of the molecule is C[C@@H](C(=O)Nc1cccc(C(F)(F)F)c1)N1C(=O)CCC1=O. The predicted octanol–water partition coefficient (Wildman–Crippen LogP) is 2.18. The fourth-order valence-electron chi connectivity index (χ4n) is 2.16. The molecule has 0 aliphatic carbocycles. The van der Waals surface area contributed by atoms with Crippen molar-refractivity contribution < 1.29 is 27.6 Å². The Morgan fingerprint density at radius 2 is 1.82 bits per heavy atom. The molecule has 0 spiro atoms. The highest BCUT2D eigenvalue weighted by Crippen LogP contribution is 2.30. The lowest BCUT2D eigenvalue weighted by Crippen LogP contribution is -2.45. The Hall–Kier alpha value is -2.38. The number of rotatable bonds is 3. The molecule has 22 heavy (non-hydrogen) atoms. The molecule has 0 unspecified atom stereocenters. The third-order valence-corrected chi connectivity index (χ3v) is 3.31. The van der Waals surface area contributed by atoms with Gasteiger partial charge in [-0.1, -0.05) is 6.07 Å². The van der Waals surface area contributed by atoms with Gasteiger partial charge in [-0.15, -0.1) is 0 Å². The average Bonchev–Trinajstić information content (AvgIpc) is 2.76. The maximum Gasteiger partial charge on any atom is 0.416 e. The molecular weight excluding hydrogens is 301 g/mol. The maximum absolute atomic E-state index is 12.6. The van der Waals surface area contributed by atoms with Gasteiger partial charge in [-0.2, -0.15) is 13.2 Å². The van der Waals surface area contributed by atoms with Crippen molar-refractivity contribution in [3.05, 3.63) is 29.8 Å². The number of carbonyl (C=O) groups is 3. The van der Waals surface area contributed by atoms with Gasteiger partial charge in [-0.25, -0.2) is 0 Å². The molecule has 1 N–H and O–H groups in total. The Kier molecular flexibility index (Phi) is 4.20. The molecule has 1 aromatic rings. The lowest BCUT2D eigenvalue weighted by Gasteiger charge is -2.21. The number of nitrogens with zero attached hydrogens (tertiary/aromatic N) is 1. The topological polar surface area (TPSA) is 66.5 Å². The summed E-state index contributed by atoms with van der Waals surface area (Å²) in [5, 5.41) is 2.29. The number of likely N-dealkylation sites (tertiary alicyclic amines) is 1. The first-order chi connectivity index (χ1) is 10.2. The highest BCUT2D eigenvalue weighted by molar-refractivity contribution is 6.07. The lowest BCUT2D eigenvalue weighted by molar-refractivity contribution is -0.144. The van der Waals surface area contributed by atoms with E-state index in [1.165, 1.54) is 13.0 Å². The van der Waals surface area contributed by atoms with Crippen LogP contribution in [0.2, 0.25) is 0 Å². The van der Waals surface area contributed by atoms with Crippen molar-refractivity contribution in [1.29, 1.82) is 0 Å². The standard InChI is InChI=1S/C14H13F3N2O3/c1-8(19-11(20)5-6-12(19)21)13(22)18-10-4-2-3-9(7-10)14(15,16)17/h2-4,7-8H,5-6H2,1H3,(H,18,22)/t8-/m0/s1. The Labute approximate surface area is 124 Å². The number of imide groups is 1. The summed E-state index contributed by atoms with van der Waals surface area (Å²) in [6, 6.07) is 3.06. The molecule has 1 fully saturated rings. The first kappa shape index (κ1) is 16.0. The molecule has 0 aromatic heterocycles. The Morgan fingerprint density at radius 1 is 1.23 bits per heavy atom. The molecule has 1 aliphatic heterocycles. The highest BCUT2D eigenvalue weighted by atomic mass is 19.4. The van der Waals surface area contributed by atoms with Gasteiger partial charge in [0.2, 0.25) is 17.7 Å². The van der Waals surface area contributed by atoms with Crippen LogP contribution in [-0.4, -0.2) is 28.7 Å². The average molecular weight is 314 g/mol.